The molecule has 0 radical (unpaired) electrons. The van der Waals surface area contributed by atoms with Gasteiger partial charge in [0.05, 0.1) is 18.2 Å². The largest absolute Gasteiger partial charge is 0.360 e. The molecule has 114 valence electrons. The summed E-state index contributed by atoms with van der Waals surface area (Å²) in [5.74, 6) is 0. The third-order valence-electron chi connectivity index (χ3n) is 4.12. The minimum Gasteiger partial charge on any atom is -0.360 e. The SMILES string of the molecule is Clc1ccc2[nH]cc(-c3cncn3CCc3ccccc3)c2c1. The predicted octanol–water partition coefficient (Wildman–Crippen LogP) is 4.93. The van der Waals surface area contributed by atoms with Crippen molar-refractivity contribution in [1.29, 1.82) is 0 Å². The van der Waals surface area contributed by atoms with Crippen LogP contribution in [0.25, 0.3) is 22.2 Å². The van der Waals surface area contributed by atoms with Crippen LogP contribution in [0.3, 0.4) is 0 Å². The summed E-state index contributed by atoms with van der Waals surface area (Å²) in [5, 5.41) is 1.87. The maximum atomic E-state index is 6.15. The molecule has 4 aromatic rings. The van der Waals surface area contributed by atoms with Crippen LogP contribution in [0.1, 0.15) is 5.56 Å². The molecule has 2 aromatic carbocycles. The van der Waals surface area contributed by atoms with Crippen LogP contribution in [-0.2, 0) is 13.0 Å². The maximum Gasteiger partial charge on any atom is 0.0951 e. The van der Waals surface area contributed by atoms with Gasteiger partial charge in [0.15, 0.2) is 0 Å². The van der Waals surface area contributed by atoms with E-state index in [-0.39, 0.29) is 0 Å². The van der Waals surface area contributed by atoms with Crippen molar-refractivity contribution in [3.8, 4) is 11.3 Å². The molecule has 0 aliphatic carbocycles. The van der Waals surface area contributed by atoms with Crippen molar-refractivity contribution >= 4 is 22.5 Å². The van der Waals surface area contributed by atoms with Gasteiger partial charge in [-0.05, 0) is 30.2 Å². The molecule has 0 bridgehead atoms. The first-order chi connectivity index (χ1) is 11.3. The molecular weight excluding hydrogens is 306 g/mol. The zero-order chi connectivity index (χ0) is 15.6. The standard InChI is InChI=1S/C19H16ClN3/c20-15-6-7-18-16(10-15)17(11-22-18)19-12-21-13-23(19)9-8-14-4-2-1-3-5-14/h1-7,10-13,22H,8-9H2. The summed E-state index contributed by atoms with van der Waals surface area (Å²) in [6.07, 6.45) is 6.81. The number of halogens is 1. The molecule has 0 aliphatic heterocycles. The molecule has 4 rings (SSSR count). The van der Waals surface area contributed by atoms with Gasteiger partial charge < -0.3 is 9.55 Å². The molecule has 3 nitrogen and oxygen atoms in total. The Bertz CT molecular complexity index is 938. The number of hydrogen-bond acceptors (Lipinski definition) is 1. The molecule has 0 saturated carbocycles. The molecule has 0 unspecified atom stereocenters. The Morgan fingerprint density at radius 1 is 1.09 bits per heavy atom. The summed E-state index contributed by atoms with van der Waals surface area (Å²) < 4.78 is 2.19. The lowest BCUT2D eigenvalue weighted by atomic mass is 10.1. The maximum absolute atomic E-state index is 6.15. The topological polar surface area (TPSA) is 33.6 Å². The number of rotatable bonds is 4. The van der Waals surface area contributed by atoms with Crippen molar-refractivity contribution in [1.82, 2.24) is 14.5 Å². The van der Waals surface area contributed by atoms with Crippen molar-refractivity contribution in [2.24, 2.45) is 0 Å². The van der Waals surface area contributed by atoms with Crippen molar-refractivity contribution in [3.63, 3.8) is 0 Å². The number of nitrogens with one attached hydrogen (secondary N) is 1. The molecule has 0 saturated heterocycles. The van der Waals surface area contributed by atoms with Gasteiger partial charge in [0, 0.05) is 34.2 Å². The van der Waals surface area contributed by atoms with Crippen LogP contribution in [0.5, 0.6) is 0 Å². The lowest BCUT2D eigenvalue weighted by Gasteiger charge is -2.08. The number of H-pyrrole nitrogens is 1. The van der Waals surface area contributed by atoms with Gasteiger partial charge in [-0.25, -0.2) is 4.98 Å². The Hall–Kier alpha value is -2.52. The second-order valence-electron chi connectivity index (χ2n) is 5.60. The van der Waals surface area contributed by atoms with Gasteiger partial charge in [-0.3, -0.25) is 0 Å². The Morgan fingerprint density at radius 2 is 1.96 bits per heavy atom. The zero-order valence-corrected chi connectivity index (χ0v) is 13.3. The van der Waals surface area contributed by atoms with Gasteiger partial charge in [-0.15, -0.1) is 0 Å². The van der Waals surface area contributed by atoms with Crippen LogP contribution in [0, 0.1) is 0 Å². The van der Waals surface area contributed by atoms with Gasteiger partial charge in [-0.1, -0.05) is 41.9 Å². The number of nitrogens with zero attached hydrogens (tertiary/aromatic N) is 2. The van der Waals surface area contributed by atoms with E-state index in [4.69, 9.17) is 11.6 Å². The minimum absolute atomic E-state index is 0.744. The van der Waals surface area contributed by atoms with Crippen LogP contribution in [-0.4, -0.2) is 14.5 Å². The zero-order valence-electron chi connectivity index (χ0n) is 12.5. The molecule has 0 spiro atoms. The highest BCUT2D eigenvalue weighted by atomic mass is 35.5. The second kappa shape index (κ2) is 5.94. The average Bonchev–Trinajstić information content (AvgIpc) is 3.19. The number of imidazole rings is 1. The normalized spacial score (nSPS) is 11.2. The molecule has 4 heteroatoms. The molecule has 1 N–H and O–H groups in total. The van der Waals surface area contributed by atoms with Crippen LogP contribution in [0.15, 0.2) is 67.3 Å². The summed E-state index contributed by atoms with van der Waals surface area (Å²) in [4.78, 5) is 7.64. The monoisotopic (exact) mass is 321 g/mol. The van der Waals surface area contributed by atoms with E-state index in [1.54, 1.807) is 0 Å². The Balaban J connectivity index is 1.67. The number of aryl methyl sites for hydroxylation is 2. The highest BCUT2D eigenvalue weighted by Gasteiger charge is 2.11. The number of aromatic nitrogens is 3. The van der Waals surface area contributed by atoms with Crippen LogP contribution in [0.4, 0.5) is 0 Å². The van der Waals surface area contributed by atoms with E-state index >= 15 is 0 Å². The quantitative estimate of drug-likeness (QED) is 0.568. The Kier molecular flexibility index (Phi) is 3.64. The van der Waals surface area contributed by atoms with Crippen molar-refractivity contribution in [2.75, 3.05) is 0 Å². The first kappa shape index (κ1) is 14.1. The summed E-state index contributed by atoms with van der Waals surface area (Å²) in [6, 6.07) is 16.4. The lowest BCUT2D eigenvalue weighted by molar-refractivity contribution is 0.702. The Morgan fingerprint density at radius 3 is 2.83 bits per heavy atom. The van der Waals surface area contributed by atoms with E-state index in [2.05, 4.69) is 38.8 Å². The van der Waals surface area contributed by atoms with Crippen LogP contribution in [0.2, 0.25) is 5.02 Å². The number of hydrogen-bond donors (Lipinski definition) is 1. The van der Waals surface area contributed by atoms with E-state index < -0.39 is 0 Å². The van der Waals surface area contributed by atoms with Crippen molar-refractivity contribution in [3.05, 3.63) is 77.8 Å². The first-order valence-electron chi connectivity index (χ1n) is 7.62. The van der Waals surface area contributed by atoms with E-state index in [0.717, 1.165) is 40.1 Å². The molecule has 0 aliphatic rings. The van der Waals surface area contributed by atoms with Crippen LogP contribution >= 0.6 is 11.6 Å². The van der Waals surface area contributed by atoms with Crippen molar-refractivity contribution < 1.29 is 0 Å². The van der Waals surface area contributed by atoms with Gasteiger partial charge in [0.1, 0.15) is 0 Å². The van der Waals surface area contributed by atoms with Crippen molar-refractivity contribution in [2.45, 2.75) is 13.0 Å². The fraction of sp³-hybridized carbons (Fsp3) is 0.105. The molecule has 2 aromatic heterocycles. The predicted molar refractivity (Wildman–Crippen MR) is 94.7 cm³/mol. The summed E-state index contributed by atoms with van der Waals surface area (Å²) in [6.45, 7) is 0.895. The van der Waals surface area contributed by atoms with E-state index in [0.29, 0.717) is 0 Å². The van der Waals surface area contributed by atoms with Gasteiger partial charge in [-0.2, -0.15) is 0 Å². The highest BCUT2D eigenvalue weighted by molar-refractivity contribution is 6.31. The first-order valence-corrected chi connectivity index (χ1v) is 8.00. The average molecular weight is 322 g/mol. The molecule has 23 heavy (non-hydrogen) atoms. The third kappa shape index (κ3) is 2.76. The lowest BCUT2D eigenvalue weighted by Crippen LogP contribution is -2.01. The molecule has 2 heterocycles. The summed E-state index contributed by atoms with van der Waals surface area (Å²) >= 11 is 6.15. The molecule has 0 amide bonds. The van der Waals surface area contributed by atoms with Gasteiger partial charge in [0.25, 0.3) is 0 Å². The number of benzene rings is 2. The van der Waals surface area contributed by atoms with Gasteiger partial charge >= 0.3 is 0 Å². The molecule has 0 atom stereocenters. The number of fused-ring (bicyclic) bond motifs is 1. The van der Waals surface area contributed by atoms with E-state index in [9.17, 15) is 0 Å². The van der Waals surface area contributed by atoms with E-state index in [1.165, 1.54) is 5.56 Å². The van der Waals surface area contributed by atoms with E-state index in [1.807, 2.05) is 43.0 Å². The highest BCUT2D eigenvalue weighted by Crippen LogP contribution is 2.30. The summed E-state index contributed by atoms with van der Waals surface area (Å²) in [5.41, 5.74) is 4.65. The second-order valence-corrected chi connectivity index (χ2v) is 6.04. The molecular formula is C19H16ClN3. The fourth-order valence-corrected chi connectivity index (χ4v) is 3.09. The van der Waals surface area contributed by atoms with Gasteiger partial charge in [0.2, 0.25) is 0 Å². The van der Waals surface area contributed by atoms with Crippen LogP contribution < -0.4 is 0 Å². The molecule has 0 fully saturated rings. The third-order valence-corrected chi connectivity index (χ3v) is 4.35. The smallest absolute Gasteiger partial charge is 0.0951 e. The fourth-order valence-electron chi connectivity index (χ4n) is 2.92. The Labute approximate surface area is 139 Å². The minimum atomic E-state index is 0.744. The number of aromatic amines is 1. The summed E-state index contributed by atoms with van der Waals surface area (Å²) in [7, 11) is 0.